The van der Waals surface area contributed by atoms with E-state index in [2.05, 4.69) is 46.7 Å². The SMILES string of the molecule is CCNC(=NCc1cccc(-n2cccn2)c1)NCCc1ncc(C)s1.I. The minimum Gasteiger partial charge on any atom is -0.357 e. The van der Waals surface area contributed by atoms with Crippen LogP contribution in [0.5, 0.6) is 0 Å². The number of hydrogen-bond acceptors (Lipinski definition) is 4. The first kappa shape index (κ1) is 21.4. The van der Waals surface area contributed by atoms with E-state index in [-0.39, 0.29) is 24.0 Å². The maximum Gasteiger partial charge on any atom is 0.191 e. The van der Waals surface area contributed by atoms with Crippen molar-refractivity contribution in [1.29, 1.82) is 0 Å². The lowest BCUT2D eigenvalue weighted by Crippen LogP contribution is -2.38. The summed E-state index contributed by atoms with van der Waals surface area (Å²) >= 11 is 1.74. The van der Waals surface area contributed by atoms with Gasteiger partial charge in [0.05, 0.1) is 17.2 Å². The summed E-state index contributed by atoms with van der Waals surface area (Å²) in [6, 6.07) is 10.2. The van der Waals surface area contributed by atoms with E-state index in [1.807, 2.05) is 35.3 Å². The van der Waals surface area contributed by atoms with Gasteiger partial charge in [-0.25, -0.2) is 14.7 Å². The van der Waals surface area contributed by atoms with Gasteiger partial charge < -0.3 is 10.6 Å². The summed E-state index contributed by atoms with van der Waals surface area (Å²) < 4.78 is 1.85. The maximum atomic E-state index is 4.69. The van der Waals surface area contributed by atoms with Crippen molar-refractivity contribution in [1.82, 2.24) is 25.4 Å². The third-order valence-corrected chi connectivity index (χ3v) is 4.72. The van der Waals surface area contributed by atoms with Crippen molar-refractivity contribution < 1.29 is 0 Å². The molecular weight excluding hydrogens is 471 g/mol. The van der Waals surface area contributed by atoms with Crippen molar-refractivity contribution in [2.24, 2.45) is 4.99 Å². The van der Waals surface area contributed by atoms with E-state index in [0.717, 1.165) is 41.7 Å². The summed E-state index contributed by atoms with van der Waals surface area (Å²) in [5, 5.41) is 12.1. The highest BCUT2D eigenvalue weighted by Gasteiger charge is 2.02. The molecule has 1 aromatic carbocycles. The fourth-order valence-corrected chi connectivity index (χ4v) is 3.32. The molecule has 3 rings (SSSR count). The third-order valence-electron chi connectivity index (χ3n) is 3.74. The summed E-state index contributed by atoms with van der Waals surface area (Å²) in [4.78, 5) is 10.3. The number of aryl methyl sites for hydroxylation is 1. The topological polar surface area (TPSA) is 67.1 Å². The Morgan fingerprint density at radius 2 is 2.15 bits per heavy atom. The second-order valence-corrected chi connectivity index (χ2v) is 7.18. The van der Waals surface area contributed by atoms with Gasteiger partial charge >= 0.3 is 0 Å². The van der Waals surface area contributed by atoms with Gasteiger partial charge in [-0.15, -0.1) is 35.3 Å². The number of aromatic nitrogens is 3. The minimum atomic E-state index is 0. The fraction of sp³-hybridized carbons (Fsp3) is 0.316. The number of guanidine groups is 1. The molecule has 2 heterocycles. The highest BCUT2D eigenvalue weighted by atomic mass is 127. The minimum absolute atomic E-state index is 0. The van der Waals surface area contributed by atoms with E-state index >= 15 is 0 Å². The van der Waals surface area contributed by atoms with E-state index in [0.29, 0.717) is 6.54 Å². The Bertz CT molecular complexity index is 844. The molecular formula is C19H25IN6S. The Balaban J connectivity index is 0.00000261. The summed E-state index contributed by atoms with van der Waals surface area (Å²) in [6.07, 6.45) is 6.54. The number of nitrogens with zero attached hydrogens (tertiary/aromatic N) is 4. The molecule has 27 heavy (non-hydrogen) atoms. The first-order chi connectivity index (χ1) is 12.7. The van der Waals surface area contributed by atoms with Gasteiger partial charge in [0.15, 0.2) is 5.96 Å². The van der Waals surface area contributed by atoms with Crippen molar-refractivity contribution in [2.45, 2.75) is 26.8 Å². The summed E-state index contributed by atoms with van der Waals surface area (Å²) in [5.41, 5.74) is 2.19. The van der Waals surface area contributed by atoms with E-state index in [1.54, 1.807) is 17.5 Å². The number of nitrogens with one attached hydrogen (secondary N) is 2. The zero-order valence-corrected chi connectivity index (χ0v) is 18.7. The highest BCUT2D eigenvalue weighted by Crippen LogP contribution is 2.11. The molecule has 0 unspecified atom stereocenters. The van der Waals surface area contributed by atoms with Crippen LogP contribution >= 0.6 is 35.3 Å². The predicted octanol–water partition coefficient (Wildman–Crippen LogP) is 3.55. The lowest BCUT2D eigenvalue weighted by Gasteiger charge is -2.11. The molecule has 0 atom stereocenters. The number of aliphatic imine (C=N–C) groups is 1. The molecule has 0 aliphatic heterocycles. The first-order valence-electron chi connectivity index (χ1n) is 8.77. The van der Waals surface area contributed by atoms with Crippen LogP contribution in [0.25, 0.3) is 5.69 Å². The number of rotatable bonds is 7. The van der Waals surface area contributed by atoms with Crippen LogP contribution in [0.15, 0.2) is 53.9 Å². The van der Waals surface area contributed by atoms with Crippen molar-refractivity contribution in [3.63, 3.8) is 0 Å². The lowest BCUT2D eigenvalue weighted by molar-refractivity contribution is 0.796. The van der Waals surface area contributed by atoms with Crippen LogP contribution in [0, 0.1) is 6.92 Å². The van der Waals surface area contributed by atoms with Crippen LogP contribution in [0.3, 0.4) is 0 Å². The smallest absolute Gasteiger partial charge is 0.191 e. The molecule has 0 saturated carbocycles. The molecule has 6 nitrogen and oxygen atoms in total. The van der Waals surface area contributed by atoms with Crippen molar-refractivity contribution in [3.8, 4) is 5.69 Å². The standard InChI is InChI=1S/C19H24N6S.HI/c1-3-20-19(21-10-8-18-22-13-15(2)26-18)23-14-16-6-4-7-17(12-16)25-11-5-9-24-25;/h4-7,9,11-13H,3,8,10,14H2,1-2H3,(H2,20,21,23);1H. The molecule has 2 N–H and O–H groups in total. The van der Waals surface area contributed by atoms with Gasteiger partial charge in [0.2, 0.25) is 0 Å². The van der Waals surface area contributed by atoms with Crippen LogP contribution < -0.4 is 10.6 Å². The fourth-order valence-electron chi connectivity index (χ4n) is 2.54. The Labute approximate surface area is 181 Å². The van der Waals surface area contributed by atoms with Crippen LogP contribution in [-0.2, 0) is 13.0 Å². The summed E-state index contributed by atoms with van der Waals surface area (Å²) in [6.45, 7) is 6.40. The first-order valence-corrected chi connectivity index (χ1v) is 9.58. The van der Waals surface area contributed by atoms with Crippen LogP contribution in [0.2, 0.25) is 0 Å². The molecule has 0 aliphatic carbocycles. The molecule has 0 fully saturated rings. The number of thiazole rings is 1. The molecule has 8 heteroatoms. The summed E-state index contributed by atoms with van der Waals surface area (Å²) in [5.74, 6) is 0.824. The lowest BCUT2D eigenvalue weighted by atomic mass is 10.2. The third kappa shape index (κ3) is 6.62. The molecule has 2 aromatic heterocycles. The second-order valence-electron chi connectivity index (χ2n) is 5.86. The Kier molecular flexibility index (Phi) is 8.73. The average Bonchev–Trinajstić information content (AvgIpc) is 3.32. The Morgan fingerprint density at radius 3 is 2.85 bits per heavy atom. The van der Waals surface area contributed by atoms with Gasteiger partial charge in [0.1, 0.15) is 0 Å². The molecule has 0 saturated heterocycles. The predicted molar refractivity (Wildman–Crippen MR) is 122 cm³/mol. The van der Waals surface area contributed by atoms with Gasteiger partial charge in [-0.2, -0.15) is 5.10 Å². The Morgan fingerprint density at radius 1 is 1.26 bits per heavy atom. The van der Waals surface area contributed by atoms with Crippen LogP contribution in [0.1, 0.15) is 22.4 Å². The van der Waals surface area contributed by atoms with Crippen molar-refractivity contribution >= 4 is 41.3 Å². The van der Waals surface area contributed by atoms with E-state index in [4.69, 9.17) is 4.99 Å². The maximum absolute atomic E-state index is 4.69. The van der Waals surface area contributed by atoms with Gasteiger partial charge in [0, 0.05) is 43.0 Å². The second kappa shape index (κ2) is 11.0. The van der Waals surface area contributed by atoms with Gasteiger partial charge in [-0.1, -0.05) is 12.1 Å². The zero-order valence-electron chi connectivity index (χ0n) is 15.6. The van der Waals surface area contributed by atoms with E-state index in [9.17, 15) is 0 Å². The van der Waals surface area contributed by atoms with Gasteiger partial charge in [-0.05, 0) is 37.6 Å². The molecule has 3 aromatic rings. The molecule has 0 amide bonds. The number of halogens is 1. The van der Waals surface area contributed by atoms with Crippen LogP contribution in [-0.4, -0.2) is 33.8 Å². The molecule has 0 radical (unpaired) electrons. The number of hydrogen-bond donors (Lipinski definition) is 2. The molecule has 0 spiro atoms. The summed E-state index contributed by atoms with van der Waals surface area (Å²) in [7, 11) is 0. The highest BCUT2D eigenvalue weighted by molar-refractivity contribution is 14.0. The van der Waals surface area contributed by atoms with Gasteiger partial charge in [-0.3, -0.25) is 0 Å². The molecule has 0 aliphatic rings. The Hall–Kier alpha value is -1.94. The van der Waals surface area contributed by atoms with Crippen molar-refractivity contribution in [2.75, 3.05) is 13.1 Å². The van der Waals surface area contributed by atoms with Crippen molar-refractivity contribution in [3.05, 3.63) is 64.4 Å². The normalized spacial score (nSPS) is 11.1. The molecule has 144 valence electrons. The van der Waals surface area contributed by atoms with E-state index in [1.165, 1.54) is 4.88 Å². The van der Waals surface area contributed by atoms with Gasteiger partial charge in [0.25, 0.3) is 0 Å². The average molecular weight is 496 g/mol. The largest absolute Gasteiger partial charge is 0.357 e. The molecule has 0 bridgehead atoms. The quantitative estimate of drug-likeness (QED) is 0.298. The monoisotopic (exact) mass is 496 g/mol. The van der Waals surface area contributed by atoms with E-state index < -0.39 is 0 Å². The number of benzene rings is 1. The zero-order chi connectivity index (χ0) is 18.2. The van der Waals surface area contributed by atoms with Crippen LogP contribution in [0.4, 0.5) is 0 Å².